The van der Waals surface area contributed by atoms with Crippen LogP contribution in [0.1, 0.15) is 90.4 Å². The SMILES string of the molecule is COC1=CCC2=C(CC[C@@H]3[C@@H]2CC[C@]2(C)[C@@H](N(C)CCCN(C)C)CC[C@@H]32)C1.O=C(O)CCC(=O)O.O=C(O)CCC(=O)O. The first-order valence-electron chi connectivity index (χ1n) is 15.9. The molecule has 0 bridgehead atoms. The Hall–Kier alpha value is -2.92. The van der Waals surface area contributed by atoms with Crippen LogP contribution in [0.4, 0.5) is 0 Å². The minimum absolute atomic E-state index is 0.296. The molecule has 0 aromatic rings. The molecule has 11 heteroatoms. The van der Waals surface area contributed by atoms with Gasteiger partial charge in [-0.1, -0.05) is 18.1 Å². The molecule has 0 radical (unpaired) electrons. The number of hydrogen-bond acceptors (Lipinski definition) is 7. The van der Waals surface area contributed by atoms with Gasteiger partial charge in [0.05, 0.1) is 38.6 Å². The van der Waals surface area contributed by atoms with Crippen molar-refractivity contribution >= 4 is 23.9 Å². The molecule has 0 amide bonds. The third-order valence-electron chi connectivity index (χ3n) is 10.0. The van der Waals surface area contributed by atoms with E-state index in [-0.39, 0.29) is 25.7 Å². The highest BCUT2D eigenvalue weighted by molar-refractivity contribution is 5.75. The summed E-state index contributed by atoms with van der Waals surface area (Å²) in [6.07, 6.45) is 13.2. The number of nitrogens with zero attached hydrogens (tertiary/aromatic N) is 2. The van der Waals surface area contributed by atoms with Gasteiger partial charge in [-0.3, -0.25) is 19.2 Å². The fourth-order valence-electron chi connectivity index (χ4n) is 7.96. The van der Waals surface area contributed by atoms with Crippen LogP contribution in [0.25, 0.3) is 0 Å². The standard InChI is InChI=1S/C25H42N2O.2C4H6O4/c1-25-14-13-21-20-10-8-19(28-5)17-18(20)7-9-22(21)23(25)11-12-24(25)27(4)16-6-15-26(2)3;2*5-3(6)1-2-4(7)8/h8,21-24H,6-7,9-17H2,1-5H3;2*1-2H2,(H,5,6)(H,7,8)/t21-,22-,23+,24+,25+;;/m1../s1. The van der Waals surface area contributed by atoms with Crippen molar-refractivity contribution in [1.82, 2.24) is 9.80 Å². The number of carboxylic acids is 4. The van der Waals surface area contributed by atoms with Crippen LogP contribution < -0.4 is 0 Å². The highest BCUT2D eigenvalue weighted by Crippen LogP contribution is 2.61. The monoisotopic (exact) mass is 622 g/mol. The third kappa shape index (κ3) is 10.9. The lowest BCUT2D eigenvalue weighted by Gasteiger charge is -2.53. The van der Waals surface area contributed by atoms with Gasteiger partial charge >= 0.3 is 23.9 Å². The molecule has 250 valence electrons. The quantitative estimate of drug-likeness (QED) is 0.217. The van der Waals surface area contributed by atoms with Crippen molar-refractivity contribution < 1.29 is 44.3 Å². The molecule has 11 nitrogen and oxygen atoms in total. The van der Waals surface area contributed by atoms with Gasteiger partial charge in [0.25, 0.3) is 0 Å². The molecule has 0 saturated heterocycles. The number of carboxylic acid groups (broad SMARTS) is 4. The third-order valence-corrected chi connectivity index (χ3v) is 10.0. The minimum Gasteiger partial charge on any atom is -0.501 e. The molecule has 0 spiro atoms. The van der Waals surface area contributed by atoms with E-state index in [9.17, 15) is 19.2 Å². The average Bonchev–Trinajstić information content (AvgIpc) is 3.32. The Kier molecular flexibility index (Phi) is 14.9. The van der Waals surface area contributed by atoms with Gasteiger partial charge in [0.2, 0.25) is 0 Å². The van der Waals surface area contributed by atoms with E-state index < -0.39 is 23.9 Å². The maximum atomic E-state index is 9.64. The summed E-state index contributed by atoms with van der Waals surface area (Å²) in [6, 6.07) is 0.794. The van der Waals surface area contributed by atoms with Gasteiger partial charge in [0, 0.05) is 12.5 Å². The Bertz CT molecular complexity index is 1010. The van der Waals surface area contributed by atoms with Gasteiger partial charge in [0.15, 0.2) is 0 Å². The summed E-state index contributed by atoms with van der Waals surface area (Å²) in [5, 5.41) is 31.6. The van der Waals surface area contributed by atoms with Crippen LogP contribution in [0.15, 0.2) is 23.0 Å². The Morgan fingerprint density at radius 3 is 1.93 bits per heavy atom. The number of fused-ring (bicyclic) bond motifs is 4. The van der Waals surface area contributed by atoms with Crippen LogP contribution in [-0.4, -0.2) is 101 Å². The Morgan fingerprint density at radius 1 is 0.864 bits per heavy atom. The predicted molar refractivity (Wildman–Crippen MR) is 166 cm³/mol. The number of methoxy groups -OCH3 is 1. The molecule has 4 rings (SSSR count). The van der Waals surface area contributed by atoms with Crippen molar-refractivity contribution in [3.63, 3.8) is 0 Å². The van der Waals surface area contributed by atoms with E-state index >= 15 is 0 Å². The highest BCUT2D eigenvalue weighted by atomic mass is 16.5. The molecule has 2 fully saturated rings. The molecule has 44 heavy (non-hydrogen) atoms. The van der Waals surface area contributed by atoms with E-state index in [4.69, 9.17) is 25.2 Å². The summed E-state index contributed by atoms with van der Waals surface area (Å²) in [5.41, 5.74) is 4.09. The molecule has 4 aliphatic rings. The van der Waals surface area contributed by atoms with Crippen LogP contribution >= 0.6 is 0 Å². The van der Waals surface area contributed by atoms with E-state index in [1.165, 1.54) is 63.8 Å². The van der Waals surface area contributed by atoms with Gasteiger partial charge < -0.3 is 35.0 Å². The number of carbonyl (C=O) groups is 4. The van der Waals surface area contributed by atoms with Crippen LogP contribution in [0.5, 0.6) is 0 Å². The van der Waals surface area contributed by atoms with Gasteiger partial charge in [-0.2, -0.15) is 0 Å². The van der Waals surface area contributed by atoms with Crippen molar-refractivity contribution in [3.05, 3.63) is 23.0 Å². The number of allylic oxidation sites excluding steroid dienone is 3. The zero-order valence-corrected chi connectivity index (χ0v) is 27.2. The summed E-state index contributed by atoms with van der Waals surface area (Å²) in [6.45, 7) is 5.11. The van der Waals surface area contributed by atoms with E-state index in [0.717, 1.165) is 36.6 Å². The zero-order chi connectivity index (χ0) is 33.0. The first-order chi connectivity index (χ1) is 20.7. The van der Waals surface area contributed by atoms with Crippen molar-refractivity contribution in [2.75, 3.05) is 41.3 Å². The molecule has 4 aliphatic carbocycles. The lowest BCUT2D eigenvalue weighted by atomic mass is 9.54. The van der Waals surface area contributed by atoms with Crippen molar-refractivity contribution in [2.24, 2.45) is 23.2 Å². The van der Waals surface area contributed by atoms with Gasteiger partial charge in [-0.15, -0.1) is 0 Å². The summed E-state index contributed by atoms with van der Waals surface area (Å²) in [5.74, 6) is -0.350. The van der Waals surface area contributed by atoms with Gasteiger partial charge in [-0.05, 0) is 115 Å². The van der Waals surface area contributed by atoms with Crippen molar-refractivity contribution in [1.29, 1.82) is 0 Å². The molecule has 4 N–H and O–H groups in total. The lowest BCUT2D eigenvalue weighted by molar-refractivity contribution is -0.143. The molecular weight excluding hydrogens is 568 g/mol. The Balaban J connectivity index is 0.000000349. The predicted octanol–water partition coefficient (Wildman–Crippen LogP) is 4.97. The molecule has 0 aromatic carbocycles. The fourth-order valence-corrected chi connectivity index (χ4v) is 7.96. The first kappa shape index (κ1) is 37.3. The van der Waals surface area contributed by atoms with Crippen LogP contribution in [0, 0.1) is 23.2 Å². The number of ether oxygens (including phenoxy) is 1. The largest absolute Gasteiger partial charge is 0.501 e. The van der Waals surface area contributed by atoms with Crippen molar-refractivity contribution in [3.8, 4) is 0 Å². The Morgan fingerprint density at radius 2 is 1.43 bits per heavy atom. The van der Waals surface area contributed by atoms with E-state index in [0.29, 0.717) is 5.41 Å². The molecule has 5 atom stereocenters. The maximum absolute atomic E-state index is 9.64. The normalized spacial score (nSPS) is 27.0. The number of rotatable bonds is 12. The average molecular weight is 623 g/mol. The lowest BCUT2D eigenvalue weighted by Crippen LogP contribution is -2.50. The zero-order valence-electron chi connectivity index (χ0n) is 27.2. The molecule has 0 unspecified atom stereocenters. The van der Waals surface area contributed by atoms with Crippen LogP contribution in [0.2, 0.25) is 0 Å². The smallest absolute Gasteiger partial charge is 0.303 e. The summed E-state index contributed by atoms with van der Waals surface area (Å²) >= 11 is 0. The maximum Gasteiger partial charge on any atom is 0.303 e. The van der Waals surface area contributed by atoms with Gasteiger partial charge in [0.1, 0.15) is 0 Å². The van der Waals surface area contributed by atoms with Crippen molar-refractivity contribution in [2.45, 2.75) is 96.4 Å². The molecule has 0 aliphatic heterocycles. The van der Waals surface area contributed by atoms with Crippen LogP contribution in [0.3, 0.4) is 0 Å². The second-order valence-corrected chi connectivity index (χ2v) is 13.1. The van der Waals surface area contributed by atoms with Gasteiger partial charge in [-0.25, -0.2) is 0 Å². The van der Waals surface area contributed by atoms with E-state index in [2.05, 4.69) is 43.9 Å². The molecule has 2 saturated carbocycles. The fraction of sp³-hybridized carbons (Fsp3) is 0.758. The van der Waals surface area contributed by atoms with Crippen LogP contribution in [-0.2, 0) is 23.9 Å². The highest BCUT2D eigenvalue weighted by Gasteiger charge is 2.55. The summed E-state index contributed by atoms with van der Waals surface area (Å²) < 4.78 is 5.57. The van der Waals surface area contributed by atoms with E-state index in [1.54, 1.807) is 5.57 Å². The molecule has 0 aromatic heterocycles. The second-order valence-electron chi connectivity index (χ2n) is 13.1. The number of aliphatic carboxylic acids is 4. The molecular formula is C33H54N2O9. The topological polar surface area (TPSA) is 165 Å². The number of hydrogen-bond donors (Lipinski definition) is 4. The summed E-state index contributed by atoms with van der Waals surface area (Å²) in [4.78, 5) is 43.6. The molecule has 0 heterocycles. The second kappa shape index (κ2) is 17.5. The first-order valence-corrected chi connectivity index (χ1v) is 15.9. The van der Waals surface area contributed by atoms with E-state index in [1.807, 2.05) is 12.7 Å². The minimum atomic E-state index is -1.08. The summed E-state index contributed by atoms with van der Waals surface area (Å²) in [7, 11) is 8.62. The Labute approximate surface area is 261 Å².